The van der Waals surface area contributed by atoms with E-state index in [0.717, 1.165) is 67.4 Å². The minimum atomic E-state index is 0.173. The van der Waals surface area contributed by atoms with Crippen LogP contribution in [0.3, 0.4) is 0 Å². The zero-order valence-corrected chi connectivity index (χ0v) is 17.6. The molecule has 0 radical (unpaired) electrons. The molecule has 0 unspecified atom stereocenters. The molecular weight excluding hydrogens is 364 g/mol. The number of amides is 1. The van der Waals surface area contributed by atoms with E-state index in [1.165, 1.54) is 5.56 Å². The molecule has 1 aromatic carbocycles. The molecule has 154 valence electrons. The number of aryl methyl sites for hydroxylation is 1. The minimum absolute atomic E-state index is 0.173. The third-order valence-corrected chi connectivity index (χ3v) is 6.14. The monoisotopic (exact) mass is 394 g/mol. The molecule has 1 atom stereocenters. The highest BCUT2D eigenvalue weighted by Gasteiger charge is 2.28. The molecule has 4 rings (SSSR count). The number of hydrogen-bond donors (Lipinski definition) is 0. The number of nitrogens with zero attached hydrogens (tertiary/aromatic N) is 4. The number of likely N-dealkylation sites (tertiary alicyclic amines) is 1. The van der Waals surface area contributed by atoms with Gasteiger partial charge in [0.15, 0.2) is 0 Å². The van der Waals surface area contributed by atoms with Gasteiger partial charge in [0.1, 0.15) is 17.4 Å². The Labute approximate surface area is 172 Å². The smallest absolute Gasteiger partial charge is 0.227 e. The van der Waals surface area contributed by atoms with Crippen molar-refractivity contribution in [1.29, 1.82) is 0 Å². The molecule has 2 aromatic rings. The Bertz CT molecular complexity index is 881. The Morgan fingerprint density at radius 2 is 1.97 bits per heavy atom. The molecule has 0 bridgehead atoms. The zero-order valence-electron chi connectivity index (χ0n) is 17.6. The van der Waals surface area contributed by atoms with E-state index in [1.54, 1.807) is 7.11 Å². The summed E-state index contributed by atoms with van der Waals surface area (Å²) in [5.74, 6) is 3.18. The summed E-state index contributed by atoms with van der Waals surface area (Å²) < 4.78 is 5.20. The first-order valence-corrected chi connectivity index (χ1v) is 10.5. The van der Waals surface area contributed by atoms with Crippen LogP contribution in [0.5, 0.6) is 5.75 Å². The molecule has 0 spiro atoms. The Morgan fingerprint density at radius 1 is 1.17 bits per heavy atom. The van der Waals surface area contributed by atoms with Crippen LogP contribution in [-0.4, -0.2) is 54.6 Å². The number of hydrogen-bond acceptors (Lipinski definition) is 5. The lowest BCUT2D eigenvalue weighted by Gasteiger charge is -2.33. The van der Waals surface area contributed by atoms with Gasteiger partial charge in [0.25, 0.3) is 0 Å². The first-order chi connectivity index (χ1) is 14.0. The molecule has 1 fully saturated rings. The Morgan fingerprint density at radius 3 is 2.72 bits per heavy atom. The normalized spacial score (nSPS) is 19.1. The third kappa shape index (κ3) is 4.21. The summed E-state index contributed by atoms with van der Waals surface area (Å²) in [6, 6.07) is 7.73. The predicted molar refractivity (Wildman–Crippen MR) is 114 cm³/mol. The van der Waals surface area contributed by atoms with Crippen LogP contribution in [0, 0.1) is 6.92 Å². The lowest BCUT2D eigenvalue weighted by atomic mass is 9.95. The molecule has 2 aliphatic heterocycles. The van der Waals surface area contributed by atoms with Gasteiger partial charge in [-0.25, -0.2) is 9.97 Å². The number of piperidine rings is 1. The van der Waals surface area contributed by atoms with Crippen molar-refractivity contribution in [2.45, 2.75) is 44.9 Å². The number of carbonyl (C=O) groups excluding carboxylic acids is 1. The SMILES string of the molecule is COc1ccc(CC(=O)N2CCC[C@H](c3nc(C)c4c(n3)N(C)CCC4)C2)cc1. The van der Waals surface area contributed by atoms with Crippen molar-refractivity contribution in [2.24, 2.45) is 0 Å². The van der Waals surface area contributed by atoms with E-state index < -0.39 is 0 Å². The van der Waals surface area contributed by atoms with Gasteiger partial charge < -0.3 is 14.5 Å². The fourth-order valence-corrected chi connectivity index (χ4v) is 4.44. The van der Waals surface area contributed by atoms with Gasteiger partial charge >= 0.3 is 0 Å². The molecule has 0 saturated carbocycles. The van der Waals surface area contributed by atoms with Gasteiger partial charge in [0.05, 0.1) is 13.5 Å². The first-order valence-electron chi connectivity index (χ1n) is 10.5. The highest BCUT2D eigenvalue weighted by atomic mass is 16.5. The van der Waals surface area contributed by atoms with Gasteiger partial charge in [-0.2, -0.15) is 0 Å². The quantitative estimate of drug-likeness (QED) is 0.797. The first kappa shape index (κ1) is 19.7. The van der Waals surface area contributed by atoms with E-state index in [2.05, 4.69) is 18.9 Å². The van der Waals surface area contributed by atoms with Crippen molar-refractivity contribution in [1.82, 2.24) is 14.9 Å². The Hall–Kier alpha value is -2.63. The van der Waals surface area contributed by atoms with Gasteiger partial charge in [-0.05, 0) is 50.3 Å². The fourth-order valence-electron chi connectivity index (χ4n) is 4.44. The molecule has 6 nitrogen and oxygen atoms in total. The highest BCUT2D eigenvalue weighted by molar-refractivity contribution is 5.79. The fraction of sp³-hybridized carbons (Fsp3) is 0.522. The number of anilines is 1. The molecule has 1 amide bonds. The maximum Gasteiger partial charge on any atom is 0.227 e. The number of benzene rings is 1. The van der Waals surface area contributed by atoms with Crippen LogP contribution in [0.4, 0.5) is 5.82 Å². The molecule has 3 heterocycles. The summed E-state index contributed by atoms with van der Waals surface area (Å²) in [6.07, 6.45) is 4.67. The largest absolute Gasteiger partial charge is 0.497 e. The van der Waals surface area contributed by atoms with E-state index in [9.17, 15) is 4.79 Å². The average molecular weight is 395 g/mol. The van der Waals surface area contributed by atoms with Gasteiger partial charge in [0, 0.05) is 43.9 Å². The highest BCUT2D eigenvalue weighted by Crippen LogP contribution is 2.31. The Kier molecular flexibility index (Phi) is 5.69. The lowest BCUT2D eigenvalue weighted by molar-refractivity contribution is -0.131. The lowest BCUT2D eigenvalue weighted by Crippen LogP contribution is -2.40. The van der Waals surface area contributed by atoms with E-state index in [1.807, 2.05) is 29.2 Å². The summed E-state index contributed by atoms with van der Waals surface area (Å²) >= 11 is 0. The third-order valence-electron chi connectivity index (χ3n) is 6.14. The number of rotatable bonds is 4. The molecular formula is C23H30N4O2. The summed E-state index contributed by atoms with van der Waals surface area (Å²) in [5, 5.41) is 0. The topological polar surface area (TPSA) is 58.6 Å². The molecule has 0 aliphatic carbocycles. The second-order valence-corrected chi connectivity index (χ2v) is 8.20. The van der Waals surface area contributed by atoms with Crippen LogP contribution in [0.25, 0.3) is 0 Å². The zero-order chi connectivity index (χ0) is 20.4. The van der Waals surface area contributed by atoms with Gasteiger partial charge in [-0.15, -0.1) is 0 Å². The summed E-state index contributed by atoms with van der Waals surface area (Å²) in [5.41, 5.74) is 3.39. The number of fused-ring (bicyclic) bond motifs is 1. The van der Waals surface area contributed by atoms with Crippen molar-refractivity contribution in [3.8, 4) is 5.75 Å². The van der Waals surface area contributed by atoms with E-state index in [-0.39, 0.29) is 11.8 Å². The van der Waals surface area contributed by atoms with Crippen molar-refractivity contribution in [3.05, 3.63) is 46.9 Å². The van der Waals surface area contributed by atoms with Crippen molar-refractivity contribution < 1.29 is 9.53 Å². The number of carbonyl (C=O) groups is 1. The minimum Gasteiger partial charge on any atom is -0.497 e. The summed E-state index contributed by atoms with van der Waals surface area (Å²) in [7, 11) is 3.76. The van der Waals surface area contributed by atoms with Gasteiger partial charge in [-0.1, -0.05) is 12.1 Å². The van der Waals surface area contributed by atoms with Crippen molar-refractivity contribution >= 4 is 11.7 Å². The molecule has 1 aromatic heterocycles. The second-order valence-electron chi connectivity index (χ2n) is 8.20. The summed E-state index contributed by atoms with van der Waals surface area (Å²) in [6.45, 7) is 4.66. The van der Waals surface area contributed by atoms with Gasteiger partial charge in [0.2, 0.25) is 5.91 Å². The maximum atomic E-state index is 12.9. The average Bonchev–Trinajstić information content (AvgIpc) is 2.75. The van der Waals surface area contributed by atoms with Crippen LogP contribution in [0.1, 0.15) is 47.8 Å². The predicted octanol–water partition coefficient (Wildman–Crippen LogP) is 3.12. The second kappa shape index (κ2) is 8.39. The van der Waals surface area contributed by atoms with Crippen molar-refractivity contribution in [2.75, 3.05) is 38.7 Å². The molecule has 0 N–H and O–H groups in total. The number of methoxy groups -OCH3 is 1. The Balaban J connectivity index is 1.47. The van der Waals surface area contributed by atoms with Crippen LogP contribution < -0.4 is 9.64 Å². The molecule has 6 heteroatoms. The van der Waals surface area contributed by atoms with E-state index in [0.29, 0.717) is 13.0 Å². The summed E-state index contributed by atoms with van der Waals surface area (Å²) in [4.78, 5) is 26.9. The molecule has 2 aliphatic rings. The standard InChI is InChI=1S/C23H30N4O2/c1-16-20-7-5-12-26(2)23(20)25-22(24-16)18-6-4-13-27(15-18)21(28)14-17-8-10-19(29-3)11-9-17/h8-11,18H,4-7,12-15H2,1-3H3/t18-/m0/s1. The van der Waals surface area contributed by atoms with Crippen LogP contribution in [0.2, 0.25) is 0 Å². The molecule has 1 saturated heterocycles. The number of ether oxygens (including phenoxy) is 1. The molecule has 29 heavy (non-hydrogen) atoms. The van der Waals surface area contributed by atoms with Crippen molar-refractivity contribution in [3.63, 3.8) is 0 Å². The maximum absolute atomic E-state index is 12.9. The van der Waals surface area contributed by atoms with E-state index in [4.69, 9.17) is 14.7 Å². The van der Waals surface area contributed by atoms with Crippen LogP contribution in [0.15, 0.2) is 24.3 Å². The number of aromatic nitrogens is 2. The van der Waals surface area contributed by atoms with Gasteiger partial charge in [-0.3, -0.25) is 4.79 Å². The van der Waals surface area contributed by atoms with Crippen LogP contribution in [-0.2, 0) is 17.6 Å². The van der Waals surface area contributed by atoms with E-state index >= 15 is 0 Å². The van der Waals surface area contributed by atoms with Crippen LogP contribution >= 0.6 is 0 Å².